The lowest BCUT2D eigenvalue weighted by Gasteiger charge is -2.36. The van der Waals surface area contributed by atoms with E-state index in [1.54, 1.807) is 18.0 Å². The first kappa shape index (κ1) is 27.1. The Kier molecular flexibility index (Phi) is 8.06. The van der Waals surface area contributed by atoms with Gasteiger partial charge in [-0.1, -0.05) is 60.3 Å². The number of hydrogen-bond donors (Lipinski definition) is 2. The minimum absolute atomic E-state index is 0.0101. The Labute approximate surface area is 241 Å². The normalized spacial score (nSPS) is 18.8. The average Bonchev–Trinajstić information content (AvgIpc) is 3.44. The van der Waals surface area contributed by atoms with E-state index in [-0.39, 0.29) is 30.4 Å². The quantitative estimate of drug-likeness (QED) is 0.238. The number of carbonyl (C=O) groups excluding carboxylic acids is 1. The van der Waals surface area contributed by atoms with E-state index in [4.69, 9.17) is 9.47 Å². The zero-order valence-corrected chi connectivity index (χ0v) is 23.2. The SMILES string of the molecule is Cn1ccnc1SC[C@@H]1C[C@H](c2ccc(CO)cc2)O[C@H](c2cccc(NC(=O)c3cnc4ccccc4n3)c2)O1. The van der Waals surface area contributed by atoms with Gasteiger partial charge in [-0.15, -0.1) is 0 Å². The van der Waals surface area contributed by atoms with Gasteiger partial charge in [0.25, 0.3) is 5.91 Å². The van der Waals surface area contributed by atoms with Gasteiger partial charge < -0.3 is 24.5 Å². The summed E-state index contributed by atoms with van der Waals surface area (Å²) < 4.78 is 14.9. The van der Waals surface area contributed by atoms with Crippen molar-refractivity contribution in [2.45, 2.75) is 36.7 Å². The zero-order valence-electron chi connectivity index (χ0n) is 22.4. The molecule has 3 atom stereocenters. The monoisotopic (exact) mass is 567 g/mol. The standard InChI is InChI=1S/C31H29N5O4S/c1-36-14-13-32-31(36)41-19-24-16-28(21-11-9-20(18-37)10-12-21)40-30(39-24)22-5-4-6-23(15-22)34-29(38)27-17-33-25-7-2-3-8-26(25)35-27/h2-15,17,24,28,30,37H,16,18-19H2,1H3,(H,34,38)/t24-,28+,30+/m0/s1. The number of ether oxygens (including phenoxy) is 2. The second-order valence-electron chi connectivity index (χ2n) is 9.81. The topological polar surface area (TPSA) is 111 Å². The Morgan fingerprint density at radius 3 is 2.63 bits per heavy atom. The first-order valence-corrected chi connectivity index (χ1v) is 14.3. The number of aliphatic hydroxyl groups excluding tert-OH is 1. The summed E-state index contributed by atoms with van der Waals surface area (Å²) in [5.74, 6) is 0.351. The zero-order chi connectivity index (χ0) is 28.2. The number of carbonyl (C=O) groups is 1. The summed E-state index contributed by atoms with van der Waals surface area (Å²) in [6.45, 7) is -0.0101. The summed E-state index contributed by atoms with van der Waals surface area (Å²) in [6.07, 6.45) is 4.89. The predicted molar refractivity (Wildman–Crippen MR) is 156 cm³/mol. The lowest BCUT2D eigenvalue weighted by atomic mass is 10.0. The smallest absolute Gasteiger partial charge is 0.275 e. The molecule has 0 radical (unpaired) electrons. The molecule has 0 spiro atoms. The first-order valence-electron chi connectivity index (χ1n) is 13.3. The van der Waals surface area contributed by atoms with Gasteiger partial charge in [0, 0.05) is 42.9 Å². The summed E-state index contributed by atoms with van der Waals surface area (Å²) in [6, 6.07) is 22.7. The molecule has 1 aliphatic rings. The van der Waals surface area contributed by atoms with E-state index in [2.05, 4.69) is 20.3 Å². The number of aliphatic hydroxyl groups is 1. The number of nitrogens with one attached hydrogen (secondary N) is 1. The average molecular weight is 568 g/mol. The summed E-state index contributed by atoms with van der Waals surface area (Å²) in [4.78, 5) is 26.2. The maximum absolute atomic E-state index is 13.0. The Morgan fingerprint density at radius 2 is 1.85 bits per heavy atom. The highest BCUT2D eigenvalue weighted by atomic mass is 32.2. The molecule has 1 amide bonds. The molecule has 1 fully saturated rings. The molecular weight excluding hydrogens is 538 g/mol. The minimum Gasteiger partial charge on any atom is -0.392 e. The molecule has 0 unspecified atom stereocenters. The molecule has 2 aromatic heterocycles. The van der Waals surface area contributed by atoms with Gasteiger partial charge in [0.1, 0.15) is 5.69 Å². The fourth-order valence-electron chi connectivity index (χ4n) is 4.71. The van der Waals surface area contributed by atoms with Crippen LogP contribution in [0.1, 0.15) is 46.0 Å². The molecule has 10 heteroatoms. The highest BCUT2D eigenvalue weighted by molar-refractivity contribution is 7.99. The number of hydrogen-bond acceptors (Lipinski definition) is 8. The van der Waals surface area contributed by atoms with Crippen molar-refractivity contribution in [2.75, 3.05) is 11.1 Å². The van der Waals surface area contributed by atoms with Crippen LogP contribution >= 0.6 is 11.8 Å². The number of amides is 1. The van der Waals surface area contributed by atoms with Gasteiger partial charge in [0.05, 0.1) is 36.0 Å². The summed E-state index contributed by atoms with van der Waals surface area (Å²) >= 11 is 1.64. The molecule has 1 aliphatic heterocycles. The lowest BCUT2D eigenvalue weighted by molar-refractivity contribution is -0.245. The van der Waals surface area contributed by atoms with Crippen molar-refractivity contribution >= 4 is 34.4 Å². The van der Waals surface area contributed by atoms with Gasteiger partial charge in [-0.3, -0.25) is 9.78 Å². The molecule has 1 saturated heterocycles. The van der Waals surface area contributed by atoms with Crippen molar-refractivity contribution in [1.82, 2.24) is 19.5 Å². The number of nitrogens with zero attached hydrogens (tertiary/aromatic N) is 4. The number of imidazole rings is 1. The highest BCUT2D eigenvalue weighted by Crippen LogP contribution is 2.39. The number of fused-ring (bicyclic) bond motifs is 1. The molecule has 3 aromatic carbocycles. The molecule has 5 aromatic rings. The Morgan fingerprint density at radius 1 is 1.02 bits per heavy atom. The van der Waals surface area contributed by atoms with Gasteiger partial charge in [-0.2, -0.15) is 0 Å². The summed E-state index contributed by atoms with van der Waals surface area (Å²) in [5.41, 5.74) is 4.87. The van der Waals surface area contributed by atoms with Gasteiger partial charge >= 0.3 is 0 Å². The maximum atomic E-state index is 13.0. The van der Waals surface area contributed by atoms with E-state index in [0.717, 1.165) is 27.4 Å². The van der Waals surface area contributed by atoms with Crippen molar-refractivity contribution in [3.63, 3.8) is 0 Å². The fourth-order valence-corrected chi connectivity index (χ4v) is 5.66. The third-order valence-electron chi connectivity index (χ3n) is 6.89. The summed E-state index contributed by atoms with van der Waals surface area (Å²) in [7, 11) is 1.97. The van der Waals surface area contributed by atoms with Crippen LogP contribution < -0.4 is 5.32 Å². The minimum atomic E-state index is -0.643. The van der Waals surface area contributed by atoms with Crippen LogP contribution in [0.5, 0.6) is 0 Å². The first-order chi connectivity index (χ1) is 20.1. The number of thioether (sulfide) groups is 1. The molecule has 2 N–H and O–H groups in total. The van der Waals surface area contributed by atoms with E-state index in [1.165, 1.54) is 6.20 Å². The number of aryl methyl sites for hydroxylation is 1. The van der Waals surface area contributed by atoms with Crippen molar-refractivity contribution in [1.29, 1.82) is 0 Å². The van der Waals surface area contributed by atoms with Crippen LogP contribution in [0.2, 0.25) is 0 Å². The number of aromatic nitrogens is 4. The van der Waals surface area contributed by atoms with E-state index in [1.807, 2.05) is 90.6 Å². The third kappa shape index (κ3) is 6.31. The molecule has 41 heavy (non-hydrogen) atoms. The van der Waals surface area contributed by atoms with Crippen molar-refractivity contribution in [3.8, 4) is 0 Å². The Balaban J connectivity index is 1.21. The Hall–Kier alpha value is -4.09. The van der Waals surface area contributed by atoms with Crippen LogP contribution in [0.25, 0.3) is 11.0 Å². The molecular formula is C31H29N5O4S. The number of rotatable bonds is 8. The van der Waals surface area contributed by atoms with Gasteiger partial charge in [0.15, 0.2) is 11.4 Å². The molecule has 208 valence electrons. The van der Waals surface area contributed by atoms with Gasteiger partial charge in [-0.05, 0) is 35.4 Å². The van der Waals surface area contributed by atoms with Crippen molar-refractivity contribution in [2.24, 2.45) is 7.05 Å². The number of anilines is 1. The van der Waals surface area contributed by atoms with E-state index >= 15 is 0 Å². The number of para-hydroxylation sites is 2. The highest BCUT2D eigenvalue weighted by Gasteiger charge is 2.32. The molecule has 6 rings (SSSR count). The van der Waals surface area contributed by atoms with Crippen LogP contribution in [0.4, 0.5) is 5.69 Å². The molecule has 9 nitrogen and oxygen atoms in total. The lowest BCUT2D eigenvalue weighted by Crippen LogP contribution is -2.31. The van der Waals surface area contributed by atoms with E-state index in [0.29, 0.717) is 23.4 Å². The largest absolute Gasteiger partial charge is 0.392 e. The second kappa shape index (κ2) is 12.2. The van der Waals surface area contributed by atoms with E-state index in [9.17, 15) is 9.90 Å². The van der Waals surface area contributed by atoms with Crippen LogP contribution in [0, 0.1) is 0 Å². The third-order valence-corrected chi connectivity index (χ3v) is 8.08. The van der Waals surface area contributed by atoms with Gasteiger partial charge in [0.2, 0.25) is 0 Å². The van der Waals surface area contributed by atoms with Crippen molar-refractivity contribution in [3.05, 3.63) is 114 Å². The predicted octanol–water partition coefficient (Wildman–Crippen LogP) is 5.45. The van der Waals surface area contributed by atoms with Crippen LogP contribution in [0.3, 0.4) is 0 Å². The summed E-state index contributed by atoms with van der Waals surface area (Å²) in [5, 5.41) is 13.3. The maximum Gasteiger partial charge on any atom is 0.275 e. The molecule has 0 bridgehead atoms. The number of benzene rings is 3. The van der Waals surface area contributed by atoms with Crippen LogP contribution in [-0.2, 0) is 23.1 Å². The van der Waals surface area contributed by atoms with E-state index < -0.39 is 6.29 Å². The van der Waals surface area contributed by atoms with Crippen LogP contribution in [-0.4, -0.2) is 42.4 Å². The molecule has 3 heterocycles. The van der Waals surface area contributed by atoms with Crippen molar-refractivity contribution < 1.29 is 19.4 Å². The fraction of sp³-hybridized carbons (Fsp3) is 0.226. The van der Waals surface area contributed by atoms with Gasteiger partial charge in [-0.25, -0.2) is 9.97 Å². The molecule has 0 saturated carbocycles. The van der Waals surface area contributed by atoms with Crippen LogP contribution in [0.15, 0.2) is 96.5 Å². The molecule has 0 aliphatic carbocycles. The Bertz CT molecular complexity index is 1660. The second-order valence-corrected chi connectivity index (χ2v) is 10.8.